The SMILES string of the molecule is Cc1cc(Cl)c(N=C=S)cc1Cl. The molecule has 0 aliphatic heterocycles. The molecule has 0 N–H and O–H groups in total. The van der Waals surface area contributed by atoms with Crippen molar-refractivity contribution < 1.29 is 0 Å². The van der Waals surface area contributed by atoms with Gasteiger partial charge < -0.3 is 0 Å². The summed E-state index contributed by atoms with van der Waals surface area (Å²) < 4.78 is 0. The van der Waals surface area contributed by atoms with Crippen LogP contribution >= 0.6 is 35.4 Å². The van der Waals surface area contributed by atoms with Crippen LogP contribution in [0.4, 0.5) is 5.69 Å². The fourth-order valence-electron chi connectivity index (χ4n) is 0.771. The molecule has 0 bridgehead atoms. The minimum absolute atomic E-state index is 0.536. The smallest absolute Gasteiger partial charge is 0.0940 e. The van der Waals surface area contributed by atoms with Gasteiger partial charge in [0.2, 0.25) is 0 Å². The summed E-state index contributed by atoms with van der Waals surface area (Å²) in [6.45, 7) is 1.87. The average molecular weight is 218 g/mol. The summed E-state index contributed by atoms with van der Waals surface area (Å²) in [7, 11) is 0. The van der Waals surface area contributed by atoms with Crippen molar-refractivity contribution >= 4 is 46.3 Å². The van der Waals surface area contributed by atoms with Crippen molar-refractivity contribution in [2.45, 2.75) is 6.92 Å². The summed E-state index contributed by atoms with van der Waals surface area (Å²) in [5.41, 5.74) is 1.48. The van der Waals surface area contributed by atoms with Crippen molar-refractivity contribution in [3.63, 3.8) is 0 Å². The van der Waals surface area contributed by atoms with Crippen LogP contribution in [0.2, 0.25) is 10.0 Å². The van der Waals surface area contributed by atoms with Crippen molar-refractivity contribution in [1.82, 2.24) is 0 Å². The first-order valence-corrected chi connectivity index (χ1v) is 4.35. The molecule has 0 saturated heterocycles. The Balaban J connectivity index is 3.32. The molecule has 0 heterocycles. The maximum Gasteiger partial charge on any atom is 0.0940 e. The Morgan fingerprint density at radius 1 is 1.33 bits per heavy atom. The summed E-state index contributed by atoms with van der Waals surface area (Å²) >= 11 is 16.1. The van der Waals surface area contributed by atoms with Crippen LogP contribution in [0, 0.1) is 6.92 Å². The Morgan fingerprint density at radius 3 is 2.58 bits per heavy atom. The molecule has 0 radical (unpaired) electrons. The number of aryl methyl sites for hydroxylation is 1. The molecule has 12 heavy (non-hydrogen) atoms. The van der Waals surface area contributed by atoms with E-state index in [1.54, 1.807) is 12.1 Å². The first-order chi connectivity index (χ1) is 5.65. The predicted molar refractivity (Wildman–Crippen MR) is 55.9 cm³/mol. The molecule has 0 saturated carbocycles. The zero-order valence-electron chi connectivity index (χ0n) is 6.27. The monoisotopic (exact) mass is 217 g/mol. The lowest BCUT2D eigenvalue weighted by Crippen LogP contribution is -1.75. The highest BCUT2D eigenvalue weighted by molar-refractivity contribution is 7.78. The van der Waals surface area contributed by atoms with Gasteiger partial charge in [-0.25, -0.2) is 0 Å². The first-order valence-electron chi connectivity index (χ1n) is 3.18. The van der Waals surface area contributed by atoms with Crippen LogP contribution in [0.3, 0.4) is 0 Å². The van der Waals surface area contributed by atoms with E-state index in [1.165, 1.54) is 0 Å². The number of nitrogens with zero attached hydrogens (tertiary/aromatic N) is 1. The topological polar surface area (TPSA) is 12.4 Å². The maximum atomic E-state index is 5.84. The van der Waals surface area contributed by atoms with Crippen LogP contribution in [-0.4, -0.2) is 5.16 Å². The lowest BCUT2D eigenvalue weighted by Gasteiger charge is -2.00. The van der Waals surface area contributed by atoms with Crippen LogP contribution in [0.5, 0.6) is 0 Å². The standard InChI is InChI=1S/C8H5Cl2NS/c1-5-2-7(10)8(11-4-12)3-6(5)9/h2-3H,1H3. The third-order valence-electron chi connectivity index (χ3n) is 1.39. The van der Waals surface area contributed by atoms with Gasteiger partial charge in [-0.1, -0.05) is 23.2 Å². The number of aliphatic imine (C=N–C) groups is 1. The quantitative estimate of drug-likeness (QED) is 0.511. The van der Waals surface area contributed by atoms with Crippen LogP contribution in [0.15, 0.2) is 17.1 Å². The number of benzene rings is 1. The summed E-state index contributed by atoms with van der Waals surface area (Å²) in [5, 5.41) is 3.40. The van der Waals surface area contributed by atoms with Crippen molar-refractivity contribution in [2.24, 2.45) is 4.99 Å². The van der Waals surface area contributed by atoms with Crippen molar-refractivity contribution in [1.29, 1.82) is 0 Å². The van der Waals surface area contributed by atoms with E-state index in [4.69, 9.17) is 23.2 Å². The van der Waals surface area contributed by atoms with E-state index in [-0.39, 0.29) is 0 Å². The third kappa shape index (κ3) is 2.05. The van der Waals surface area contributed by atoms with Crippen molar-refractivity contribution in [3.8, 4) is 0 Å². The lowest BCUT2D eigenvalue weighted by atomic mass is 10.2. The van der Waals surface area contributed by atoms with Crippen molar-refractivity contribution in [2.75, 3.05) is 0 Å². The van der Waals surface area contributed by atoms with Gasteiger partial charge >= 0.3 is 0 Å². The molecule has 0 aliphatic rings. The maximum absolute atomic E-state index is 5.84. The fraction of sp³-hybridized carbons (Fsp3) is 0.125. The summed E-state index contributed by atoms with van der Waals surface area (Å²) in [6.07, 6.45) is 0. The normalized spacial score (nSPS) is 9.25. The molecule has 1 aromatic carbocycles. The largest absolute Gasteiger partial charge is 0.193 e. The molecular formula is C8H5Cl2NS. The third-order valence-corrected chi connectivity index (χ3v) is 2.20. The van der Waals surface area contributed by atoms with Gasteiger partial charge in [0.15, 0.2) is 0 Å². The minimum atomic E-state index is 0.536. The van der Waals surface area contributed by atoms with Crippen LogP contribution in [0.25, 0.3) is 0 Å². The van der Waals surface area contributed by atoms with Gasteiger partial charge in [0.1, 0.15) is 0 Å². The Kier molecular flexibility index (Phi) is 3.24. The Morgan fingerprint density at radius 2 is 2.00 bits per heavy atom. The van der Waals surface area contributed by atoms with Gasteiger partial charge in [0.05, 0.1) is 15.9 Å². The second-order valence-corrected chi connectivity index (χ2v) is 3.25. The molecule has 4 heteroatoms. The van der Waals surface area contributed by atoms with Crippen LogP contribution in [-0.2, 0) is 0 Å². The highest BCUT2D eigenvalue weighted by atomic mass is 35.5. The molecule has 62 valence electrons. The summed E-state index contributed by atoms with van der Waals surface area (Å²) in [4.78, 5) is 3.76. The summed E-state index contributed by atoms with van der Waals surface area (Å²) in [6, 6.07) is 3.41. The predicted octanol–water partition coefficient (Wildman–Crippen LogP) is 4.04. The molecule has 1 rings (SSSR count). The molecule has 0 amide bonds. The average Bonchev–Trinajstić information content (AvgIpc) is 2.01. The number of halogens is 2. The summed E-state index contributed by atoms with van der Waals surface area (Å²) in [5.74, 6) is 0. The Labute approximate surface area is 86.0 Å². The molecule has 1 aromatic rings. The van der Waals surface area contributed by atoms with Crippen molar-refractivity contribution in [3.05, 3.63) is 27.7 Å². The van der Waals surface area contributed by atoms with E-state index in [2.05, 4.69) is 22.4 Å². The van der Waals surface area contributed by atoms with E-state index in [9.17, 15) is 0 Å². The van der Waals surface area contributed by atoms with Gasteiger partial charge in [-0.3, -0.25) is 0 Å². The number of hydrogen-bond donors (Lipinski definition) is 0. The molecule has 0 unspecified atom stereocenters. The van der Waals surface area contributed by atoms with E-state index < -0.39 is 0 Å². The number of isothiocyanates is 1. The second kappa shape index (κ2) is 4.01. The molecule has 0 aromatic heterocycles. The molecule has 0 aliphatic carbocycles. The van der Waals surface area contributed by atoms with Gasteiger partial charge in [-0.05, 0) is 36.8 Å². The van der Waals surface area contributed by atoms with E-state index in [1.807, 2.05) is 6.92 Å². The number of hydrogen-bond acceptors (Lipinski definition) is 2. The van der Waals surface area contributed by atoms with Gasteiger partial charge in [0, 0.05) is 5.02 Å². The number of rotatable bonds is 1. The van der Waals surface area contributed by atoms with Gasteiger partial charge in [-0.2, -0.15) is 4.99 Å². The highest BCUT2D eigenvalue weighted by Gasteiger charge is 2.02. The highest BCUT2D eigenvalue weighted by Crippen LogP contribution is 2.30. The van der Waals surface area contributed by atoms with E-state index >= 15 is 0 Å². The molecule has 1 nitrogen and oxygen atoms in total. The van der Waals surface area contributed by atoms with Gasteiger partial charge in [-0.15, -0.1) is 0 Å². The van der Waals surface area contributed by atoms with E-state index in [0.29, 0.717) is 15.7 Å². The molecular weight excluding hydrogens is 213 g/mol. The Hall–Kier alpha value is -0.400. The first kappa shape index (κ1) is 9.69. The van der Waals surface area contributed by atoms with Gasteiger partial charge in [0.25, 0.3) is 0 Å². The Bertz CT molecular complexity index is 356. The second-order valence-electron chi connectivity index (χ2n) is 2.26. The lowest BCUT2D eigenvalue weighted by molar-refractivity contribution is 1.44. The van der Waals surface area contributed by atoms with Crippen LogP contribution < -0.4 is 0 Å². The molecule has 0 fully saturated rings. The molecule has 0 atom stereocenters. The fourth-order valence-corrected chi connectivity index (χ4v) is 1.29. The zero-order chi connectivity index (χ0) is 9.14. The number of thiocarbonyl (C=S) groups is 1. The van der Waals surface area contributed by atoms with E-state index in [0.717, 1.165) is 5.56 Å². The zero-order valence-corrected chi connectivity index (χ0v) is 8.59. The minimum Gasteiger partial charge on any atom is -0.193 e. The molecule has 0 spiro atoms. The van der Waals surface area contributed by atoms with Crippen LogP contribution in [0.1, 0.15) is 5.56 Å².